The highest BCUT2D eigenvalue weighted by Gasteiger charge is 2.08. The Morgan fingerprint density at radius 2 is 1.94 bits per heavy atom. The maximum atomic E-state index is 6.13. The van der Waals surface area contributed by atoms with E-state index in [-0.39, 0.29) is 6.04 Å². The van der Waals surface area contributed by atoms with Crippen LogP contribution in [0.3, 0.4) is 0 Å². The Bertz CT molecular complexity index is 540. The van der Waals surface area contributed by atoms with E-state index in [1.165, 1.54) is 11.1 Å². The van der Waals surface area contributed by atoms with Crippen molar-refractivity contribution in [3.63, 3.8) is 0 Å². The van der Waals surface area contributed by atoms with Crippen molar-refractivity contribution >= 4 is 33.3 Å². The SMILES string of the molecule is Cc1ccc(C(C)Nc2ncc(Br)cc2Cl)cc1. The Morgan fingerprint density at radius 3 is 2.56 bits per heavy atom. The third-order valence-corrected chi connectivity index (χ3v) is 3.46. The number of pyridine rings is 1. The number of anilines is 1. The van der Waals surface area contributed by atoms with Gasteiger partial charge in [-0.05, 0) is 41.4 Å². The molecule has 18 heavy (non-hydrogen) atoms. The standard InChI is InChI=1S/C14H14BrClN2/c1-9-3-5-11(6-4-9)10(2)18-14-13(16)7-12(15)8-17-14/h3-8,10H,1-2H3,(H,17,18). The zero-order chi connectivity index (χ0) is 13.1. The Hall–Kier alpha value is -1.06. The van der Waals surface area contributed by atoms with Gasteiger partial charge in [-0.3, -0.25) is 0 Å². The highest BCUT2D eigenvalue weighted by atomic mass is 79.9. The summed E-state index contributed by atoms with van der Waals surface area (Å²) in [6, 6.07) is 10.4. The first-order chi connectivity index (χ1) is 8.56. The minimum atomic E-state index is 0.164. The molecule has 1 aromatic heterocycles. The third-order valence-electron chi connectivity index (χ3n) is 2.74. The van der Waals surface area contributed by atoms with Crippen LogP contribution in [0.4, 0.5) is 5.82 Å². The lowest BCUT2D eigenvalue weighted by Crippen LogP contribution is -2.08. The maximum Gasteiger partial charge on any atom is 0.145 e. The van der Waals surface area contributed by atoms with E-state index in [1.807, 2.05) is 6.07 Å². The summed E-state index contributed by atoms with van der Waals surface area (Å²) in [5.74, 6) is 0.702. The number of nitrogens with zero attached hydrogens (tertiary/aromatic N) is 1. The molecule has 1 unspecified atom stereocenters. The normalized spacial score (nSPS) is 12.2. The highest BCUT2D eigenvalue weighted by molar-refractivity contribution is 9.10. The Kier molecular flexibility index (Phi) is 4.25. The van der Waals surface area contributed by atoms with Crippen molar-refractivity contribution < 1.29 is 0 Å². The summed E-state index contributed by atoms with van der Waals surface area (Å²) in [5.41, 5.74) is 2.46. The molecule has 1 atom stereocenters. The average Bonchev–Trinajstić information content (AvgIpc) is 2.33. The van der Waals surface area contributed by atoms with E-state index in [1.54, 1.807) is 6.20 Å². The summed E-state index contributed by atoms with van der Waals surface area (Å²) in [5, 5.41) is 3.92. The van der Waals surface area contributed by atoms with Gasteiger partial charge in [0, 0.05) is 16.7 Å². The summed E-state index contributed by atoms with van der Waals surface area (Å²) in [7, 11) is 0. The minimum absolute atomic E-state index is 0.164. The van der Waals surface area contributed by atoms with Gasteiger partial charge in [0.05, 0.1) is 5.02 Å². The van der Waals surface area contributed by atoms with Crippen molar-refractivity contribution in [3.8, 4) is 0 Å². The van der Waals surface area contributed by atoms with E-state index in [0.717, 1.165) is 4.47 Å². The second-order valence-corrected chi connectivity index (χ2v) is 5.58. The molecular formula is C14H14BrClN2. The summed E-state index contributed by atoms with van der Waals surface area (Å²) in [4.78, 5) is 4.27. The second-order valence-electron chi connectivity index (χ2n) is 4.26. The molecule has 0 radical (unpaired) electrons. The van der Waals surface area contributed by atoms with E-state index in [2.05, 4.69) is 64.3 Å². The van der Waals surface area contributed by atoms with Gasteiger partial charge in [-0.15, -0.1) is 0 Å². The molecule has 0 aliphatic rings. The van der Waals surface area contributed by atoms with Crippen molar-refractivity contribution in [2.75, 3.05) is 5.32 Å². The molecule has 2 aromatic rings. The first kappa shape index (κ1) is 13.4. The summed E-state index contributed by atoms with van der Waals surface area (Å²) < 4.78 is 0.876. The molecule has 0 saturated carbocycles. The molecule has 0 fully saturated rings. The lowest BCUT2D eigenvalue weighted by Gasteiger charge is -2.16. The van der Waals surface area contributed by atoms with Crippen LogP contribution in [0.5, 0.6) is 0 Å². The number of rotatable bonds is 3. The molecule has 4 heteroatoms. The van der Waals surface area contributed by atoms with Crippen LogP contribution < -0.4 is 5.32 Å². The third kappa shape index (κ3) is 3.24. The number of nitrogens with one attached hydrogen (secondary N) is 1. The monoisotopic (exact) mass is 324 g/mol. The zero-order valence-corrected chi connectivity index (χ0v) is 12.6. The van der Waals surface area contributed by atoms with E-state index in [0.29, 0.717) is 10.8 Å². The topological polar surface area (TPSA) is 24.9 Å². The predicted molar refractivity (Wildman–Crippen MR) is 80.2 cm³/mol. The van der Waals surface area contributed by atoms with Gasteiger partial charge in [0.25, 0.3) is 0 Å². The molecule has 1 aromatic carbocycles. The number of aromatic nitrogens is 1. The lowest BCUT2D eigenvalue weighted by atomic mass is 10.1. The summed E-state index contributed by atoms with van der Waals surface area (Å²) in [6.45, 7) is 4.17. The second kappa shape index (κ2) is 5.72. The zero-order valence-electron chi connectivity index (χ0n) is 10.2. The average molecular weight is 326 g/mol. The first-order valence-corrected chi connectivity index (χ1v) is 6.87. The number of halogens is 2. The highest BCUT2D eigenvalue weighted by Crippen LogP contribution is 2.26. The van der Waals surface area contributed by atoms with Gasteiger partial charge >= 0.3 is 0 Å². The molecule has 0 bridgehead atoms. The predicted octanol–water partition coefficient (Wildman–Crippen LogP) is 4.98. The van der Waals surface area contributed by atoms with Gasteiger partial charge in [0.1, 0.15) is 5.82 Å². The fourth-order valence-corrected chi connectivity index (χ4v) is 2.35. The first-order valence-electron chi connectivity index (χ1n) is 5.70. The Labute approximate surface area is 121 Å². The Balaban J connectivity index is 2.15. The van der Waals surface area contributed by atoms with Gasteiger partial charge in [-0.1, -0.05) is 41.4 Å². The van der Waals surface area contributed by atoms with E-state index >= 15 is 0 Å². The Morgan fingerprint density at radius 1 is 1.28 bits per heavy atom. The van der Waals surface area contributed by atoms with Crippen LogP contribution in [0.25, 0.3) is 0 Å². The summed E-state index contributed by atoms with van der Waals surface area (Å²) in [6.07, 6.45) is 1.73. The van der Waals surface area contributed by atoms with Gasteiger partial charge in [0.2, 0.25) is 0 Å². The molecule has 0 saturated heterocycles. The summed E-state index contributed by atoms with van der Waals surface area (Å²) >= 11 is 9.47. The maximum absolute atomic E-state index is 6.13. The van der Waals surface area contributed by atoms with Gasteiger partial charge < -0.3 is 5.32 Å². The van der Waals surface area contributed by atoms with E-state index in [4.69, 9.17) is 11.6 Å². The van der Waals surface area contributed by atoms with Crippen molar-refractivity contribution in [3.05, 3.63) is 57.2 Å². The number of benzene rings is 1. The molecular weight excluding hydrogens is 312 g/mol. The molecule has 0 amide bonds. The van der Waals surface area contributed by atoms with Gasteiger partial charge in [0.15, 0.2) is 0 Å². The molecule has 94 valence electrons. The van der Waals surface area contributed by atoms with Crippen molar-refractivity contribution in [2.24, 2.45) is 0 Å². The number of aryl methyl sites for hydroxylation is 1. The lowest BCUT2D eigenvalue weighted by molar-refractivity contribution is 0.874. The van der Waals surface area contributed by atoms with Crippen LogP contribution in [0, 0.1) is 6.92 Å². The fourth-order valence-electron chi connectivity index (χ4n) is 1.66. The molecule has 2 nitrogen and oxygen atoms in total. The quantitative estimate of drug-likeness (QED) is 0.861. The molecule has 0 spiro atoms. The smallest absolute Gasteiger partial charge is 0.145 e. The van der Waals surface area contributed by atoms with Crippen LogP contribution in [-0.2, 0) is 0 Å². The molecule has 0 aliphatic carbocycles. The van der Waals surface area contributed by atoms with Crippen molar-refractivity contribution in [2.45, 2.75) is 19.9 Å². The van der Waals surface area contributed by atoms with Crippen LogP contribution in [-0.4, -0.2) is 4.98 Å². The van der Waals surface area contributed by atoms with E-state index < -0.39 is 0 Å². The molecule has 0 aliphatic heterocycles. The number of hydrogen-bond acceptors (Lipinski definition) is 2. The molecule has 1 N–H and O–H groups in total. The van der Waals surface area contributed by atoms with Gasteiger partial charge in [-0.25, -0.2) is 4.98 Å². The van der Waals surface area contributed by atoms with Crippen LogP contribution in [0.2, 0.25) is 5.02 Å². The van der Waals surface area contributed by atoms with E-state index in [9.17, 15) is 0 Å². The minimum Gasteiger partial charge on any atom is -0.362 e. The van der Waals surface area contributed by atoms with Crippen molar-refractivity contribution in [1.29, 1.82) is 0 Å². The number of hydrogen-bond donors (Lipinski definition) is 1. The van der Waals surface area contributed by atoms with Gasteiger partial charge in [-0.2, -0.15) is 0 Å². The van der Waals surface area contributed by atoms with Crippen LogP contribution in [0.1, 0.15) is 24.1 Å². The molecule has 1 heterocycles. The fraction of sp³-hybridized carbons (Fsp3) is 0.214. The van der Waals surface area contributed by atoms with Crippen LogP contribution in [0.15, 0.2) is 41.0 Å². The largest absolute Gasteiger partial charge is 0.362 e. The van der Waals surface area contributed by atoms with Crippen molar-refractivity contribution in [1.82, 2.24) is 4.98 Å². The van der Waals surface area contributed by atoms with Crippen LogP contribution >= 0.6 is 27.5 Å². The molecule has 2 rings (SSSR count).